The number of aryl methyl sites for hydroxylation is 1. The maximum absolute atomic E-state index is 12.3. The van der Waals surface area contributed by atoms with Gasteiger partial charge in [0, 0.05) is 5.69 Å². The highest BCUT2D eigenvalue weighted by atomic mass is 16.4. The maximum atomic E-state index is 12.3. The van der Waals surface area contributed by atoms with Gasteiger partial charge in [-0.15, -0.1) is 0 Å². The van der Waals surface area contributed by atoms with Gasteiger partial charge in [-0.25, -0.2) is 0 Å². The first-order valence-corrected chi connectivity index (χ1v) is 7.01. The number of hydrogen-bond donors (Lipinski definition) is 3. The summed E-state index contributed by atoms with van der Waals surface area (Å²) in [5, 5.41) is 14.7. The van der Waals surface area contributed by atoms with Gasteiger partial charge in [0.1, 0.15) is 5.41 Å². The molecule has 4 N–H and O–H groups in total. The zero-order valence-corrected chi connectivity index (χ0v) is 11.7. The standard InChI is InChI=1S/C15H21N3O2/c1-2-4-11-5-7-12(8-6-11)17-14(19)15(9-3-10-15)13(16)18-20/h5-8,20H,2-4,9-10H2,1H3,(H2,16,18)(H,17,19). The van der Waals surface area contributed by atoms with Gasteiger partial charge < -0.3 is 16.3 Å². The van der Waals surface area contributed by atoms with Gasteiger partial charge in [-0.1, -0.05) is 37.1 Å². The number of carbonyl (C=O) groups excluding carboxylic acids is 1. The minimum Gasteiger partial charge on any atom is -0.409 e. The summed E-state index contributed by atoms with van der Waals surface area (Å²) in [7, 11) is 0. The van der Waals surface area contributed by atoms with Gasteiger partial charge in [-0.2, -0.15) is 0 Å². The average Bonchev–Trinajstić information content (AvgIpc) is 2.39. The van der Waals surface area contributed by atoms with E-state index in [1.807, 2.05) is 24.3 Å². The summed E-state index contributed by atoms with van der Waals surface area (Å²) in [6, 6.07) is 7.80. The third kappa shape index (κ3) is 2.61. The van der Waals surface area contributed by atoms with Crippen molar-refractivity contribution in [3.8, 4) is 0 Å². The molecule has 0 spiro atoms. The molecular formula is C15H21N3O2. The van der Waals surface area contributed by atoms with Crippen molar-refractivity contribution in [1.29, 1.82) is 0 Å². The SMILES string of the molecule is CCCc1ccc(NC(=O)C2(/C(N)=N/O)CCC2)cc1. The topological polar surface area (TPSA) is 87.7 Å². The van der Waals surface area contributed by atoms with E-state index in [1.54, 1.807) is 0 Å². The van der Waals surface area contributed by atoms with Crippen LogP contribution in [0.4, 0.5) is 5.69 Å². The minimum absolute atomic E-state index is 0.00357. The lowest BCUT2D eigenvalue weighted by Crippen LogP contribution is -2.51. The van der Waals surface area contributed by atoms with Gasteiger partial charge in [-0.3, -0.25) is 4.79 Å². The van der Waals surface area contributed by atoms with Crippen LogP contribution < -0.4 is 11.1 Å². The predicted octanol–water partition coefficient (Wildman–Crippen LogP) is 2.49. The van der Waals surface area contributed by atoms with Crippen molar-refractivity contribution in [3.63, 3.8) is 0 Å². The molecule has 2 rings (SSSR count). The lowest BCUT2D eigenvalue weighted by Gasteiger charge is -2.38. The highest BCUT2D eigenvalue weighted by Gasteiger charge is 2.48. The number of anilines is 1. The number of nitrogens with two attached hydrogens (primary N) is 1. The molecule has 1 aliphatic carbocycles. The van der Waals surface area contributed by atoms with Gasteiger partial charge in [0.25, 0.3) is 0 Å². The summed E-state index contributed by atoms with van der Waals surface area (Å²) in [5.74, 6) is -0.189. The smallest absolute Gasteiger partial charge is 0.238 e. The molecule has 0 heterocycles. The Morgan fingerprint density at radius 1 is 1.40 bits per heavy atom. The molecule has 0 radical (unpaired) electrons. The molecule has 0 saturated heterocycles. The van der Waals surface area contributed by atoms with Crippen molar-refractivity contribution >= 4 is 17.4 Å². The molecule has 0 atom stereocenters. The van der Waals surface area contributed by atoms with Crippen LogP contribution in [0.1, 0.15) is 38.2 Å². The van der Waals surface area contributed by atoms with E-state index in [1.165, 1.54) is 5.56 Å². The normalized spacial score (nSPS) is 17.4. The number of nitrogens with zero attached hydrogens (tertiary/aromatic N) is 1. The molecule has 0 bridgehead atoms. The first kappa shape index (κ1) is 14.4. The third-order valence-electron chi connectivity index (χ3n) is 3.99. The molecule has 1 aliphatic rings. The lowest BCUT2D eigenvalue weighted by atomic mass is 9.67. The van der Waals surface area contributed by atoms with Crippen LogP contribution in [0, 0.1) is 5.41 Å². The molecule has 1 fully saturated rings. The average molecular weight is 275 g/mol. The fraction of sp³-hybridized carbons (Fsp3) is 0.467. The van der Waals surface area contributed by atoms with Crippen molar-refractivity contribution in [2.45, 2.75) is 39.0 Å². The van der Waals surface area contributed by atoms with Crippen molar-refractivity contribution in [2.75, 3.05) is 5.32 Å². The fourth-order valence-corrected chi connectivity index (χ4v) is 2.52. The van der Waals surface area contributed by atoms with Gasteiger partial charge in [0.2, 0.25) is 5.91 Å². The van der Waals surface area contributed by atoms with E-state index in [0.717, 1.165) is 24.9 Å². The molecular weight excluding hydrogens is 254 g/mol. The second-order valence-corrected chi connectivity index (χ2v) is 5.32. The zero-order chi connectivity index (χ0) is 14.6. The highest BCUT2D eigenvalue weighted by molar-refractivity contribution is 6.12. The van der Waals surface area contributed by atoms with E-state index in [-0.39, 0.29) is 11.7 Å². The predicted molar refractivity (Wildman–Crippen MR) is 78.8 cm³/mol. The fourth-order valence-electron chi connectivity index (χ4n) is 2.52. The van der Waals surface area contributed by atoms with Crippen LogP contribution in [0.3, 0.4) is 0 Å². The van der Waals surface area contributed by atoms with Crippen molar-refractivity contribution in [2.24, 2.45) is 16.3 Å². The summed E-state index contributed by atoms with van der Waals surface area (Å²) >= 11 is 0. The van der Waals surface area contributed by atoms with Crippen LogP contribution in [0.15, 0.2) is 29.4 Å². The molecule has 108 valence electrons. The third-order valence-corrected chi connectivity index (χ3v) is 3.99. The Balaban J connectivity index is 2.07. The van der Waals surface area contributed by atoms with Gasteiger partial charge in [-0.05, 0) is 37.0 Å². The Morgan fingerprint density at radius 3 is 2.50 bits per heavy atom. The quantitative estimate of drug-likeness (QED) is 0.334. The van der Waals surface area contributed by atoms with E-state index >= 15 is 0 Å². The van der Waals surface area contributed by atoms with E-state index in [9.17, 15) is 4.79 Å². The molecule has 1 amide bonds. The van der Waals surface area contributed by atoms with E-state index in [4.69, 9.17) is 10.9 Å². The summed E-state index contributed by atoms with van der Waals surface area (Å²) in [5.41, 5.74) is 6.83. The Bertz CT molecular complexity index is 504. The number of oxime groups is 1. The molecule has 5 heteroatoms. The lowest BCUT2D eigenvalue weighted by molar-refractivity contribution is -0.125. The molecule has 1 saturated carbocycles. The molecule has 0 unspecified atom stereocenters. The van der Waals surface area contributed by atoms with Crippen LogP contribution in [0.5, 0.6) is 0 Å². The summed E-state index contributed by atoms with van der Waals surface area (Å²) < 4.78 is 0. The molecule has 1 aromatic rings. The second-order valence-electron chi connectivity index (χ2n) is 5.32. The summed E-state index contributed by atoms with van der Waals surface area (Å²) in [6.45, 7) is 2.13. The molecule has 5 nitrogen and oxygen atoms in total. The first-order chi connectivity index (χ1) is 9.62. The largest absolute Gasteiger partial charge is 0.409 e. The number of carbonyl (C=O) groups is 1. The van der Waals surface area contributed by atoms with Crippen LogP contribution >= 0.6 is 0 Å². The Morgan fingerprint density at radius 2 is 2.05 bits per heavy atom. The van der Waals surface area contributed by atoms with Crippen LogP contribution in [-0.4, -0.2) is 17.0 Å². The molecule has 1 aromatic carbocycles. The second kappa shape index (κ2) is 5.94. The molecule has 0 aliphatic heterocycles. The number of rotatable bonds is 5. The number of hydrogen-bond acceptors (Lipinski definition) is 3. The van der Waals surface area contributed by atoms with Gasteiger partial charge >= 0.3 is 0 Å². The van der Waals surface area contributed by atoms with Gasteiger partial charge in [0.15, 0.2) is 5.84 Å². The van der Waals surface area contributed by atoms with E-state index in [2.05, 4.69) is 17.4 Å². The van der Waals surface area contributed by atoms with Crippen molar-refractivity contribution < 1.29 is 10.0 Å². The number of nitrogens with one attached hydrogen (secondary N) is 1. The minimum atomic E-state index is -0.836. The number of benzene rings is 1. The van der Waals surface area contributed by atoms with E-state index < -0.39 is 5.41 Å². The summed E-state index contributed by atoms with van der Waals surface area (Å²) in [6.07, 6.45) is 4.30. The van der Waals surface area contributed by atoms with Crippen LogP contribution in [-0.2, 0) is 11.2 Å². The van der Waals surface area contributed by atoms with Crippen molar-refractivity contribution in [1.82, 2.24) is 0 Å². The zero-order valence-electron chi connectivity index (χ0n) is 11.7. The van der Waals surface area contributed by atoms with E-state index in [0.29, 0.717) is 12.8 Å². The highest BCUT2D eigenvalue weighted by Crippen LogP contribution is 2.42. The maximum Gasteiger partial charge on any atom is 0.238 e. The Kier molecular flexibility index (Phi) is 4.27. The first-order valence-electron chi connectivity index (χ1n) is 7.01. The Hall–Kier alpha value is -2.04. The molecule has 20 heavy (non-hydrogen) atoms. The molecule has 0 aromatic heterocycles. The van der Waals surface area contributed by atoms with Crippen molar-refractivity contribution in [3.05, 3.63) is 29.8 Å². The number of amidine groups is 1. The van der Waals surface area contributed by atoms with Gasteiger partial charge in [0.05, 0.1) is 0 Å². The number of amides is 1. The monoisotopic (exact) mass is 275 g/mol. The van der Waals surface area contributed by atoms with Crippen LogP contribution in [0.2, 0.25) is 0 Å². The van der Waals surface area contributed by atoms with Crippen LogP contribution in [0.25, 0.3) is 0 Å². The summed E-state index contributed by atoms with van der Waals surface area (Å²) in [4.78, 5) is 12.3. The Labute approximate surface area is 118 Å².